The topological polar surface area (TPSA) is 107 Å². The molecule has 1 aromatic carbocycles. The zero-order valence-corrected chi connectivity index (χ0v) is 40.1. The number of sulfone groups is 1. The Morgan fingerprint density at radius 3 is 2.11 bits per heavy atom. The van der Waals surface area contributed by atoms with Gasteiger partial charge >= 0.3 is 0 Å². The highest BCUT2D eigenvalue weighted by atomic mass is 32.2. The van der Waals surface area contributed by atoms with Gasteiger partial charge in [0.15, 0.2) is 26.5 Å². The van der Waals surface area contributed by atoms with Gasteiger partial charge in [0.1, 0.15) is 6.29 Å². The number of aldehydes is 1. The van der Waals surface area contributed by atoms with E-state index in [2.05, 4.69) is 87.8 Å². The van der Waals surface area contributed by atoms with E-state index in [-0.39, 0.29) is 52.3 Å². The van der Waals surface area contributed by atoms with Gasteiger partial charge < -0.3 is 32.6 Å². The summed E-state index contributed by atoms with van der Waals surface area (Å²) in [5, 5.41) is 0.0137. The maximum Gasteiger partial charge on any atom is 0.192 e. The van der Waals surface area contributed by atoms with Gasteiger partial charge in [0.2, 0.25) is 0 Å². The van der Waals surface area contributed by atoms with Gasteiger partial charge in [0.05, 0.1) is 66.1 Å². The van der Waals surface area contributed by atoms with Gasteiger partial charge in [0.25, 0.3) is 0 Å². The summed E-state index contributed by atoms with van der Waals surface area (Å²) in [6, 6.07) is 8.66. The fraction of sp³-hybridized carbons (Fsp3) is 0.756. The second-order valence-corrected chi connectivity index (χ2v) is 31.7. The van der Waals surface area contributed by atoms with Crippen LogP contribution in [-0.4, -0.2) is 99.6 Å². The molecule has 0 bridgehead atoms. The summed E-state index contributed by atoms with van der Waals surface area (Å²) < 4.78 is 68.5. The molecule has 0 aliphatic carbocycles. The number of methoxy groups -OCH3 is 1. The van der Waals surface area contributed by atoms with Crippen LogP contribution in [0.2, 0.25) is 36.3 Å². The Morgan fingerprint density at radius 1 is 0.877 bits per heavy atom. The maximum absolute atomic E-state index is 14.1. The Kier molecular flexibility index (Phi) is 16.5. The standard InChI is InChI=1S/C45H76O9SSi2/c1-31-25-35(22-23-39-32(2)26-34(51-39)19-18-24-46)52-40(33(31)3)28-41-38(30-55(47,48)37-20-16-15-17-21-37)43(49-10)42(53-41)27-36(54-57(13,14)45(7,8)9)29-50-56(11,12)44(4,5)6/h15-17,20-21,24,31,34-36,38-43H,2-3,18-19,22-23,25-30H2,1,4-14H3/t31?,34?,35?,36?,38-,39?,40?,41?,42?,43?/m1/s1. The van der Waals surface area contributed by atoms with Crippen LogP contribution >= 0.6 is 0 Å². The number of carbonyl (C=O) groups is 1. The quantitative estimate of drug-likeness (QED) is 0.0764. The molecular formula is C45H76O9SSi2. The van der Waals surface area contributed by atoms with Gasteiger partial charge in [-0.2, -0.15) is 0 Å². The van der Waals surface area contributed by atoms with E-state index in [0.29, 0.717) is 30.8 Å². The minimum Gasteiger partial charge on any atom is -0.414 e. The molecule has 9 nitrogen and oxygen atoms in total. The van der Waals surface area contributed by atoms with Crippen LogP contribution < -0.4 is 0 Å². The van der Waals surface area contributed by atoms with E-state index < -0.39 is 50.7 Å². The molecule has 10 atom stereocenters. The van der Waals surface area contributed by atoms with Gasteiger partial charge in [-0.05, 0) is 97.6 Å². The monoisotopic (exact) mass is 848 g/mol. The first-order chi connectivity index (χ1) is 26.4. The van der Waals surface area contributed by atoms with Crippen LogP contribution in [0.25, 0.3) is 0 Å². The maximum atomic E-state index is 14.1. The van der Waals surface area contributed by atoms with Gasteiger partial charge in [-0.3, -0.25) is 0 Å². The molecule has 0 radical (unpaired) electrons. The molecule has 0 saturated carbocycles. The first-order valence-electron chi connectivity index (χ1n) is 21.3. The molecule has 1 aromatic rings. The molecular weight excluding hydrogens is 773 g/mol. The summed E-state index contributed by atoms with van der Waals surface area (Å²) in [6.07, 6.45) is 4.44. The number of hydrogen-bond acceptors (Lipinski definition) is 9. The molecule has 0 aromatic heterocycles. The van der Waals surface area contributed by atoms with E-state index in [1.807, 2.05) is 6.07 Å². The van der Waals surface area contributed by atoms with E-state index >= 15 is 0 Å². The molecule has 57 heavy (non-hydrogen) atoms. The highest BCUT2D eigenvalue weighted by Gasteiger charge is 2.50. The average Bonchev–Trinajstić information content (AvgIpc) is 3.63. The Labute approximate surface area is 348 Å². The van der Waals surface area contributed by atoms with Gasteiger partial charge in [-0.25, -0.2) is 8.42 Å². The molecule has 324 valence electrons. The number of rotatable bonds is 19. The number of benzene rings is 1. The van der Waals surface area contributed by atoms with Crippen molar-refractivity contribution >= 4 is 32.8 Å². The molecule has 3 saturated heterocycles. The van der Waals surface area contributed by atoms with Crippen molar-refractivity contribution in [1.29, 1.82) is 0 Å². The third-order valence-corrected chi connectivity index (χ3v) is 24.6. The van der Waals surface area contributed by atoms with Crippen LogP contribution in [0.3, 0.4) is 0 Å². The van der Waals surface area contributed by atoms with Crippen LogP contribution in [0.5, 0.6) is 0 Å². The van der Waals surface area contributed by atoms with Crippen LogP contribution in [0.4, 0.5) is 0 Å². The first kappa shape index (κ1) is 48.2. The van der Waals surface area contributed by atoms with Gasteiger partial charge in [0, 0.05) is 32.3 Å². The molecule has 3 aliphatic rings. The SMILES string of the molecule is C=C1CC(CCC=O)OC1CCC1CC(C)C(=C)C(CC2OC(CC(CO[Si](C)(C)C(C)(C)C)O[Si](C)(C)C(C)(C)C)C(OC)[C@@H]2CS(=O)(=O)c2ccccc2)O1. The first-order valence-corrected chi connectivity index (χ1v) is 28.7. The minimum absolute atomic E-state index is 0.0160. The summed E-state index contributed by atoms with van der Waals surface area (Å²) >= 11 is 0. The molecule has 9 unspecified atom stereocenters. The van der Waals surface area contributed by atoms with Crippen molar-refractivity contribution in [2.75, 3.05) is 19.5 Å². The Balaban J connectivity index is 1.60. The summed E-state index contributed by atoms with van der Waals surface area (Å²) in [6.45, 7) is 33.9. The molecule has 4 rings (SSSR count). The number of hydrogen-bond donors (Lipinski definition) is 0. The molecule has 0 amide bonds. The Bertz CT molecular complexity index is 1600. The summed E-state index contributed by atoms with van der Waals surface area (Å²) in [4.78, 5) is 11.2. The molecule has 3 aliphatic heterocycles. The highest BCUT2D eigenvalue weighted by molar-refractivity contribution is 7.91. The second kappa shape index (κ2) is 19.5. The lowest BCUT2D eigenvalue weighted by Gasteiger charge is -2.42. The van der Waals surface area contributed by atoms with Crippen molar-refractivity contribution in [2.45, 2.75) is 190 Å². The zero-order valence-electron chi connectivity index (χ0n) is 37.3. The minimum atomic E-state index is -3.68. The van der Waals surface area contributed by atoms with Crippen molar-refractivity contribution in [3.05, 3.63) is 54.6 Å². The summed E-state index contributed by atoms with van der Waals surface area (Å²) in [5.74, 6) is -0.348. The summed E-state index contributed by atoms with van der Waals surface area (Å²) in [7, 11) is -6.37. The van der Waals surface area contributed by atoms with Crippen molar-refractivity contribution in [2.24, 2.45) is 11.8 Å². The molecule has 0 N–H and O–H groups in total. The number of ether oxygens (including phenoxy) is 4. The van der Waals surface area contributed by atoms with Crippen LogP contribution in [-0.2, 0) is 42.4 Å². The smallest absolute Gasteiger partial charge is 0.192 e. The fourth-order valence-electron chi connectivity index (χ4n) is 8.01. The third kappa shape index (κ3) is 12.5. The van der Waals surface area contributed by atoms with Crippen molar-refractivity contribution in [3.8, 4) is 0 Å². The summed E-state index contributed by atoms with van der Waals surface area (Å²) in [5.41, 5.74) is 2.09. The third-order valence-electron chi connectivity index (χ3n) is 13.7. The lowest BCUT2D eigenvalue weighted by atomic mass is 9.83. The van der Waals surface area contributed by atoms with Crippen LogP contribution in [0.15, 0.2) is 59.5 Å². The van der Waals surface area contributed by atoms with Crippen molar-refractivity contribution < 1.29 is 41.0 Å². The van der Waals surface area contributed by atoms with Crippen molar-refractivity contribution in [1.82, 2.24) is 0 Å². The average molecular weight is 849 g/mol. The van der Waals surface area contributed by atoms with E-state index in [0.717, 1.165) is 49.5 Å². The van der Waals surface area contributed by atoms with E-state index in [9.17, 15) is 13.2 Å². The predicted octanol–water partition coefficient (Wildman–Crippen LogP) is 9.87. The molecule has 0 spiro atoms. The Hall–Kier alpha value is -1.49. The van der Waals surface area contributed by atoms with Gasteiger partial charge in [-0.15, -0.1) is 0 Å². The molecule has 3 fully saturated rings. The zero-order chi connectivity index (χ0) is 42.6. The predicted molar refractivity (Wildman–Crippen MR) is 234 cm³/mol. The van der Waals surface area contributed by atoms with E-state index in [4.69, 9.17) is 27.8 Å². The number of carbonyl (C=O) groups excluding carboxylic acids is 1. The van der Waals surface area contributed by atoms with E-state index in [1.165, 1.54) is 0 Å². The van der Waals surface area contributed by atoms with Crippen LogP contribution in [0.1, 0.15) is 99.8 Å². The van der Waals surface area contributed by atoms with Crippen LogP contribution in [0, 0.1) is 11.8 Å². The fourth-order valence-corrected chi connectivity index (χ4v) is 12.1. The largest absolute Gasteiger partial charge is 0.414 e. The normalized spacial score (nSPS) is 29.9. The highest BCUT2D eigenvalue weighted by Crippen LogP contribution is 2.44. The van der Waals surface area contributed by atoms with Gasteiger partial charge in [-0.1, -0.05) is 79.8 Å². The lowest BCUT2D eigenvalue weighted by molar-refractivity contribution is -0.108. The molecule has 3 heterocycles. The lowest BCUT2D eigenvalue weighted by Crippen LogP contribution is -2.49. The Morgan fingerprint density at radius 2 is 1.51 bits per heavy atom. The molecule has 12 heteroatoms. The van der Waals surface area contributed by atoms with E-state index in [1.54, 1.807) is 31.4 Å². The second-order valence-electron chi connectivity index (χ2n) is 20.1. The van der Waals surface area contributed by atoms with Crippen molar-refractivity contribution in [3.63, 3.8) is 0 Å².